The number of benzene rings is 1. The number of carbonyl (C=O) groups is 1. The lowest BCUT2D eigenvalue weighted by molar-refractivity contribution is -0.121. The van der Waals surface area contributed by atoms with Gasteiger partial charge in [-0.25, -0.2) is 9.97 Å². The summed E-state index contributed by atoms with van der Waals surface area (Å²) in [6, 6.07) is 10.5. The summed E-state index contributed by atoms with van der Waals surface area (Å²) in [6.45, 7) is 8.86. The van der Waals surface area contributed by atoms with Gasteiger partial charge >= 0.3 is 0 Å². The molecule has 1 amide bonds. The lowest BCUT2D eigenvalue weighted by Gasteiger charge is -2.33. The smallest absolute Gasteiger partial charge is 0.220 e. The van der Waals surface area contributed by atoms with E-state index in [1.54, 1.807) is 6.33 Å². The number of rotatable bonds is 9. The predicted octanol–water partition coefficient (Wildman–Crippen LogP) is 3.06. The third-order valence-electron chi connectivity index (χ3n) is 6.44. The molecule has 2 N–H and O–H groups in total. The number of aromatic nitrogens is 2. The van der Waals surface area contributed by atoms with Crippen molar-refractivity contribution >= 4 is 23.2 Å². The maximum Gasteiger partial charge on any atom is 0.220 e. The van der Waals surface area contributed by atoms with Crippen LogP contribution in [0.1, 0.15) is 38.2 Å². The number of amides is 1. The van der Waals surface area contributed by atoms with Crippen LogP contribution in [0.15, 0.2) is 36.7 Å². The highest BCUT2D eigenvalue weighted by Gasteiger charge is 2.22. The topological polar surface area (TPSA) is 82.6 Å². The maximum absolute atomic E-state index is 12.5. The molecule has 0 radical (unpaired) electrons. The Bertz CT molecular complexity index is 885. The molecule has 1 atom stereocenters. The molecular weight excluding hydrogens is 416 g/mol. The largest absolute Gasteiger partial charge is 0.378 e. The first-order valence-electron chi connectivity index (χ1n) is 12.2. The van der Waals surface area contributed by atoms with Crippen molar-refractivity contribution in [1.82, 2.24) is 15.3 Å². The number of anilines is 3. The van der Waals surface area contributed by atoms with Gasteiger partial charge in [-0.15, -0.1) is 0 Å². The van der Waals surface area contributed by atoms with Crippen LogP contribution in [0.5, 0.6) is 0 Å². The van der Waals surface area contributed by atoms with E-state index in [0.717, 1.165) is 82.4 Å². The van der Waals surface area contributed by atoms with Gasteiger partial charge in [-0.2, -0.15) is 0 Å². The third-order valence-corrected chi connectivity index (χ3v) is 6.44. The molecular formula is C25H36N6O2. The molecule has 8 nitrogen and oxygen atoms in total. The van der Waals surface area contributed by atoms with Crippen LogP contribution in [0.3, 0.4) is 0 Å². The van der Waals surface area contributed by atoms with Gasteiger partial charge in [0.2, 0.25) is 5.91 Å². The van der Waals surface area contributed by atoms with Gasteiger partial charge in [-0.1, -0.05) is 12.1 Å². The van der Waals surface area contributed by atoms with Crippen molar-refractivity contribution in [2.75, 3.05) is 61.1 Å². The molecule has 4 rings (SSSR count). The van der Waals surface area contributed by atoms with Crippen molar-refractivity contribution in [3.63, 3.8) is 0 Å². The lowest BCUT2D eigenvalue weighted by Crippen LogP contribution is -2.36. The van der Waals surface area contributed by atoms with Gasteiger partial charge in [-0.05, 0) is 49.8 Å². The number of nitrogens with one attached hydrogen (secondary N) is 2. The number of hydrogen-bond donors (Lipinski definition) is 2. The first-order chi connectivity index (χ1) is 16.2. The van der Waals surface area contributed by atoms with Crippen molar-refractivity contribution < 1.29 is 9.53 Å². The molecule has 178 valence electrons. The summed E-state index contributed by atoms with van der Waals surface area (Å²) in [7, 11) is 0. The molecule has 0 bridgehead atoms. The SMILES string of the molecule is CCNc1cc(N2CCC[C@H](CCC(=O)NCc3ccc(N4CCOCC4)cc3)C2)ncn1. The Morgan fingerprint density at radius 2 is 1.94 bits per heavy atom. The van der Waals surface area contributed by atoms with Crippen LogP contribution < -0.4 is 20.4 Å². The summed E-state index contributed by atoms with van der Waals surface area (Å²) in [5.41, 5.74) is 2.35. The molecule has 2 aliphatic rings. The minimum absolute atomic E-state index is 0.126. The Morgan fingerprint density at radius 3 is 2.73 bits per heavy atom. The van der Waals surface area contributed by atoms with Crippen LogP contribution in [0.25, 0.3) is 0 Å². The van der Waals surface area contributed by atoms with E-state index in [0.29, 0.717) is 18.9 Å². The lowest BCUT2D eigenvalue weighted by atomic mass is 9.93. The van der Waals surface area contributed by atoms with Crippen LogP contribution in [0, 0.1) is 5.92 Å². The number of piperidine rings is 1. The Kier molecular flexibility index (Phi) is 8.35. The highest BCUT2D eigenvalue weighted by molar-refractivity contribution is 5.75. The fourth-order valence-corrected chi connectivity index (χ4v) is 4.58. The molecule has 0 unspecified atom stereocenters. The number of morpholine rings is 1. The van der Waals surface area contributed by atoms with E-state index < -0.39 is 0 Å². The first kappa shape index (κ1) is 23.3. The van der Waals surface area contributed by atoms with Crippen molar-refractivity contribution in [1.29, 1.82) is 0 Å². The third kappa shape index (κ3) is 6.81. The van der Waals surface area contributed by atoms with Crippen LogP contribution in [0.2, 0.25) is 0 Å². The van der Waals surface area contributed by atoms with Gasteiger partial charge in [0.1, 0.15) is 18.0 Å². The summed E-state index contributed by atoms with van der Waals surface area (Å²) < 4.78 is 5.42. The Morgan fingerprint density at radius 1 is 1.12 bits per heavy atom. The zero-order valence-corrected chi connectivity index (χ0v) is 19.6. The van der Waals surface area contributed by atoms with Gasteiger partial charge in [0.25, 0.3) is 0 Å². The van der Waals surface area contributed by atoms with Gasteiger partial charge in [0.15, 0.2) is 0 Å². The molecule has 2 saturated heterocycles. The summed E-state index contributed by atoms with van der Waals surface area (Å²) in [6.07, 6.45) is 5.39. The minimum Gasteiger partial charge on any atom is -0.378 e. The zero-order chi connectivity index (χ0) is 22.9. The first-order valence-corrected chi connectivity index (χ1v) is 12.2. The molecule has 0 aliphatic carbocycles. The average molecular weight is 453 g/mol. The molecule has 1 aromatic carbocycles. The van der Waals surface area contributed by atoms with Crippen LogP contribution in [-0.4, -0.2) is 61.8 Å². The van der Waals surface area contributed by atoms with E-state index in [1.165, 1.54) is 5.69 Å². The van der Waals surface area contributed by atoms with Gasteiger partial charge < -0.3 is 25.2 Å². The van der Waals surface area contributed by atoms with E-state index >= 15 is 0 Å². The van der Waals surface area contributed by atoms with Gasteiger partial charge in [-0.3, -0.25) is 4.79 Å². The molecule has 2 fully saturated rings. The predicted molar refractivity (Wildman–Crippen MR) is 132 cm³/mol. The quantitative estimate of drug-likeness (QED) is 0.605. The standard InChI is InChI=1S/C25H36N6O2/c1-2-26-23-16-24(29-19-28-23)31-11-3-4-21(18-31)7-10-25(32)27-17-20-5-8-22(9-6-20)30-12-14-33-15-13-30/h5-6,8-9,16,19,21H,2-4,7,10-15,17-18H2,1H3,(H,27,32)(H,26,28,29)/t21-/m1/s1. The van der Waals surface area contributed by atoms with E-state index in [4.69, 9.17) is 4.74 Å². The number of hydrogen-bond acceptors (Lipinski definition) is 7. The maximum atomic E-state index is 12.5. The highest BCUT2D eigenvalue weighted by Crippen LogP contribution is 2.25. The van der Waals surface area contributed by atoms with E-state index in [1.807, 2.05) is 6.07 Å². The molecule has 33 heavy (non-hydrogen) atoms. The fourth-order valence-electron chi connectivity index (χ4n) is 4.58. The molecule has 2 aromatic rings. The number of nitrogens with zero attached hydrogens (tertiary/aromatic N) is 4. The summed E-state index contributed by atoms with van der Waals surface area (Å²) in [4.78, 5) is 25.9. The summed E-state index contributed by atoms with van der Waals surface area (Å²) >= 11 is 0. The fraction of sp³-hybridized carbons (Fsp3) is 0.560. The van der Waals surface area contributed by atoms with Crippen LogP contribution in [-0.2, 0) is 16.1 Å². The second-order valence-corrected chi connectivity index (χ2v) is 8.83. The molecule has 2 aliphatic heterocycles. The Balaban J connectivity index is 1.20. The Hall–Kier alpha value is -2.87. The second-order valence-electron chi connectivity index (χ2n) is 8.83. The van der Waals surface area contributed by atoms with Crippen molar-refractivity contribution in [2.24, 2.45) is 5.92 Å². The molecule has 1 aromatic heterocycles. The monoisotopic (exact) mass is 452 g/mol. The summed E-state index contributed by atoms with van der Waals surface area (Å²) in [5.74, 6) is 2.47. The highest BCUT2D eigenvalue weighted by atomic mass is 16.5. The number of ether oxygens (including phenoxy) is 1. The van der Waals surface area contributed by atoms with Crippen molar-refractivity contribution in [3.8, 4) is 0 Å². The van der Waals surface area contributed by atoms with Crippen molar-refractivity contribution in [3.05, 3.63) is 42.2 Å². The summed E-state index contributed by atoms with van der Waals surface area (Å²) in [5, 5.41) is 6.33. The minimum atomic E-state index is 0.126. The molecule has 8 heteroatoms. The molecule has 0 spiro atoms. The van der Waals surface area contributed by atoms with Gasteiger partial charge in [0, 0.05) is 57.4 Å². The van der Waals surface area contributed by atoms with Crippen LogP contribution >= 0.6 is 0 Å². The van der Waals surface area contributed by atoms with Crippen LogP contribution in [0.4, 0.5) is 17.3 Å². The zero-order valence-electron chi connectivity index (χ0n) is 19.6. The van der Waals surface area contributed by atoms with E-state index in [2.05, 4.69) is 61.6 Å². The van der Waals surface area contributed by atoms with Crippen molar-refractivity contribution in [2.45, 2.75) is 39.2 Å². The normalized spacial score (nSPS) is 18.8. The number of carbonyl (C=O) groups excluding carboxylic acids is 1. The molecule has 3 heterocycles. The molecule has 0 saturated carbocycles. The Labute approximate surface area is 196 Å². The second kappa shape index (κ2) is 11.8. The average Bonchev–Trinajstić information content (AvgIpc) is 2.88. The van der Waals surface area contributed by atoms with E-state index in [9.17, 15) is 4.79 Å². The van der Waals surface area contributed by atoms with E-state index in [-0.39, 0.29) is 5.91 Å². The van der Waals surface area contributed by atoms with Gasteiger partial charge in [0.05, 0.1) is 13.2 Å².